The molecule has 0 saturated heterocycles. The van der Waals surface area contributed by atoms with E-state index < -0.39 is 34.5 Å². The zero-order valence-corrected chi connectivity index (χ0v) is 31.3. The lowest BCUT2D eigenvalue weighted by molar-refractivity contribution is -0.143. The Labute approximate surface area is 315 Å². The van der Waals surface area contributed by atoms with Gasteiger partial charge < -0.3 is 44.5 Å². The van der Waals surface area contributed by atoms with Crippen LogP contribution in [-0.4, -0.2) is 125 Å². The number of rotatable bonds is 33. The lowest BCUT2D eigenvalue weighted by Crippen LogP contribution is -2.31. The number of aromatic nitrogens is 2. The predicted molar refractivity (Wildman–Crippen MR) is 195 cm³/mol. The highest BCUT2D eigenvalue weighted by molar-refractivity contribution is 7.92. The third-order valence-corrected chi connectivity index (χ3v) is 8.72. The van der Waals surface area contributed by atoms with Crippen molar-refractivity contribution >= 4 is 39.7 Å². The number of hydrogen-bond donors (Lipinski definition) is 5. The minimum absolute atomic E-state index is 0.00189. The molecular formula is C35H53N5O13S. The smallest absolute Gasteiger partial charge is 0.329 e. The van der Waals surface area contributed by atoms with Crippen molar-refractivity contribution in [2.45, 2.75) is 69.1 Å². The van der Waals surface area contributed by atoms with E-state index >= 15 is 0 Å². The third-order valence-electron chi connectivity index (χ3n) is 7.38. The molecule has 1 heterocycles. The highest BCUT2D eigenvalue weighted by Gasteiger charge is 2.16. The summed E-state index contributed by atoms with van der Waals surface area (Å²) in [7, 11) is -3.99. The Morgan fingerprint density at radius 2 is 1.15 bits per heavy atom. The first-order chi connectivity index (χ1) is 26.1. The molecule has 0 atom stereocenters. The second-order valence-corrected chi connectivity index (χ2v) is 13.6. The summed E-state index contributed by atoms with van der Waals surface area (Å²) in [4.78, 5) is 52.8. The molecule has 54 heavy (non-hydrogen) atoms. The summed E-state index contributed by atoms with van der Waals surface area (Å²) < 4.78 is 54.3. The summed E-state index contributed by atoms with van der Waals surface area (Å²) in [6.07, 6.45) is 11.8. The largest absolute Gasteiger partial charge is 0.494 e. The van der Waals surface area contributed by atoms with Crippen LogP contribution < -0.4 is 20.1 Å². The number of nitrogens with one attached hydrogen (secondary N) is 3. The fourth-order valence-corrected chi connectivity index (χ4v) is 5.57. The number of amides is 2. The highest BCUT2D eigenvalue weighted by atomic mass is 32.2. The van der Waals surface area contributed by atoms with Crippen LogP contribution in [0.2, 0.25) is 0 Å². The molecule has 5 N–H and O–H groups in total. The molecule has 0 saturated carbocycles. The molecule has 1 aromatic carbocycles. The first kappa shape index (κ1) is 45.7. The van der Waals surface area contributed by atoms with E-state index in [2.05, 4.69) is 25.3 Å². The number of sulfonamides is 1. The third kappa shape index (κ3) is 22.6. The molecule has 0 bridgehead atoms. The Hall–Kier alpha value is -4.43. The number of nitrogens with zero attached hydrogens (tertiary/aromatic N) is 2. The fraction of sp³-hybridized carbons (Fsp3) is 0.600. The normalized spacial score (nSPS) is 11.2. The highest BCUT2D eigenvalue weighted by Crippen LogP contribution is 2.19. The average molecular weight is 784 g/mol. The maximum Gasteiger partial charge on any atom is 0.329 e. The van der Waals surface area contributed by atoms with Crippen LogP contribution in [0.3, 0.4) is 0 Å². The molecule has 2 aromatic rings. The Kier molecular flexibility index (Phi) is 23.8. The number of carbonyl (C=O) groups excluding carboxylic acids is 2. The molecule has 0 aliphatic carbocycles. The van der Waals surface area contributed by atoms with E-state index in [4.69, 9.17) is 33.9 Å². The average Bonchev–Trinajstić information content (AvgIpc) is 3.14. The lowest BCUT2D eigenvalue weighted by Gasteiger charge is -2.10. The van der Waals surface area contributed by atoms with Crippen molar-refractivity contribution in [2.75, 3.05) is 77.3 Å². The van der Waals surface area contributed by atoms with Gasteiger partial charge in [-0.3, -0.25) is 14.4 Å². The number of ether oxygens (including phenoxy) is 5. The molecule has 0 aliphatic rings. The molecule has 2 rings (SSSR count). The first-order valence-electron chi connectivity index (χ1n) is 17.9. The van der Waals surface area contributed by atoms with E-state index in [0.29, 0.717) is 12.4 Å². The molecule has 2 amide bonds. The number of carboxylic acids is 2. The molecule has 0 radical (unpaired) electrons. The number of carboxylic acid groups (broad SMARTS) is 2. The second-order valence-electron chi connectivity index (χ2n) is 11.9. The van der Waals surface area contributed by atoms with Crippen molar-refractivity contribution in [3.63, 3.8) is 0 Å². The lowest BCUT2D eigenvalue weighted by atomic mass is 10.1. The van der Waals surface area contributed by atoms with E-state index in [0.717, 1.165) is 57.8 Å². The maximum absolute atomic E-state index is 12.8. The molecule has 18 nitrogen and oxygen atoms in total. The van der Waals surface area contributed by atoms with Gasteiger partial charge in [-0.05, 0) is 37.1 Å². The molecule has 19 heteroatoms. The maximum atomic E-state index is 12.8. The molecular weight excluding hydrogens is 730 g/mol. The van der Waals surface area contributed by atoms with Gasteiger partial charge in [0.05, 0.1) is 56.7 Å². The van der Waals surface area contributed by atoms with Crippen LogP contribution in [-0.2, 0) is 43.4 Å². The SMILES string of the molecule is O=C(O)CCCCCCCCCCCOc1ccc(S(=O)(=O)Nc2ncc(C(=O)NCCOCCOCC(=O)NCCOCCOCC(=O)O)cn2)cc1. The van der Waals surface area contributed by atoms with Crippen molar-refractivity contribution in [3.8, 4) is 5.75 Å². The van der Waals surface area contributed by atoms with E-state index in [9.17, 15) is 27.6 Å². The van der Waals surface area contributed by atoms with E-state index in [1.807, 2.05) is 0 Å². The fourth-order valence-electron chi connectivity index (χ4n) is 4.61. The van der Waals surface area contributed by atoms with E-state index in [-0.39, 0.29) is 88.1 Å². The summed E-state index contributed by atoms with van der Waals surface area (Å²) in [5.74, 6) is -2.24. The van der Waals surface area contributed by atoms with Gasteiger partial charge in [0, 0.05) is 31.9 Å². The number of benzene rings is 1. The van der Waals surface area contributed by atoms with Crippen LogP contribution in [0.25, 0.3) is 0 Å². The number of aliphatic carboxylic acids is 2. The van der Waals surface area contributed by atoms with E-state index in [1.165, 1.54) is 24.5 Å². The van der Waals surface area contributed by atoms with Crippen LogP contribution in [0.1, 0.15) is 74.6 Å². The van der Waals surface area contributed by atoms with Crippen LogP contribution in [0.4, 0.5) is 5.95 Å². The van der Waals surface area contributed by atoms with Gasteiger partial charge in [-0.2, -0.15) is 0 Å². The van der Waals surface area contributed by atoms with Crippen molar-refractivity contribution in [2.24, 2.45) is 0 Å². The van der Waals surface area contributed by atoms with Gasteiger partial charge in [0.15, 0.2) is 0 Å². The summed E-state index contributed by atoms with van der Waals surface area (Å²) in [6, 6.07) is 6.01. The molecule has 0 aliphatic heterocycles. The van der Waals surface area contributed by atoms with Gasteiger partial charge in [-0.15, -0.1) is 0 Å². The first-order valence-corrected chi connectivity index (χ1v) is 19.4. The van der Waals surface area contributed by atoms with Crippen LogP contribution in [0.5, 0.6) is 5.75 Å². The number of hydrogen-bond acceptors (Lipinski definition) is 13. The van der Waals surface area contributed by atoms with Crippen LogP contribution in [0, 0.1) is 0 Å². The number of anilines is 1. The zero-order chi connectivity index (χ0) is 39.3. The van der Waals surface area contributed by atoms with Gasteiger partial charge in [-0.25, -0.2) is 27.9 Å². The summed E-state index contributed by atoms with van der Waals surface area (Å²) in [6.45, 7) is 1.52. The molecule has 0 fully saturated rings. The van der Waals surface area contributed by atoms with Crippen molar-refractivity contribution < 1.29 is 61.5 Å². The molecule has 1 aromatic heterocycles. The zero-order valence-electron chi connectivity index (χ0n) is 30.5. The Morgan fingerprint density at radius 3 is 1.74 bits per heavy atom. The van der Waals surface area contributed by atoms with Crippen LogP contribution in [0.15, 0.2) is 41.6 Å². The summed E-state index contributed by atoms with van der Waals surface area (Å²) in [5.41, 5.74) is 0.121. The van der Waals surface area contributed by atoms with Crippen LogP contribution >= 0.6 is 0 Å². The predicted octanol–water partition coefficient (Wildman–Crippen LogP) is 2.64. The Bertz CT molecular complexity index is 1480. The van der Waals surface area contributed by atoms with E-state index in [1.54, 1.807) is 12.1 Å². The van der Waals surface area contributed by atoms with Gasteiger partial charge in [0.2, 0.25) is 11.9 Å². The van der Waals surface area contributed by atoms with Gasteiger partial charge in [0.1, 0.15) is 19.0 Å². The molecule has 302 valence electrons. The minimum atomic E-state index is -3.99. The van der Waals surface area contributed by atoms with Gasteiger partial charge >= 0.3 is 11.9 Å². The summed E-state index contributed by atoms with van der Waals surface area (Å²) >= 11 is 0. The van der Waals surface area contributed by atoms with Crippen molar-refractivity contribution in [1.82, 2.24) is 20.6 Å². The van der Waals surface area contributed by atoms with Crippen molar-refractivity contribution in [1.29, 1.82) is 0 Å². The molecule has 0 unspecified atom stereocenters. The number of unbranched alkanes of at least 4 members (excludes halogenated alkanes) is 8. The topological polar surface area (TPSA) is 251 Å². The summed E-state index contributed by atoms with van der Waals surface area (Å²) in [5, 5.41) is 22.3. The standard InChI is InChI=1S/C35H53N5O13S/c41-31(36-15-18-49-21-23-52-27-33(44)45)26-51-22-20-50-19-16-37-34(46)28-24-38-35(39-25-28)40-54(47,48)30-13-11-29(12-14-30)53-17-9-7-5-3-1-2-4-6-8-10-32(42)43/h11-14,24-25H,1-10,15-23,26-27H2,(H,36,41)(H,37,46)(H,42,43)(H,44,45)(H,38,39,40). The Morgan fingerprint density at radius 1 is 0.611 bits per heavy atom. The van der Waals surface area contributed by atoms with Gasteiger partial charge in [0.25, 0.3) is 15.9 Å². The second kappa shape index (κ2) is 28.1. The minimum Gasteiger partial charge on any atom is -0.494 e. The Balaban J connectivity index is 1.52. The quantitative estimate of drug-likeness (QED) is 0.0653. The monoisotopic (exact) mass is 783 g/mol. The van der Waals surface area contributed by atoms with Crippen molar-refractivity contribution in [3.05, 3.63) is 42.2 Å². The number of carbonyl (C=O) groups is 4. The molecule has 0 spiro atoms. The van der Waals surface area contributed by atoms with Gasteiger partial charge in [-0.1, -0.05) is 44.9 Å².